The molecule has 21 heavy (non-hydrogen) atoms. The van der Waals surface area contributed by atoms with Crippen LogP contribution in [-0.4, -0.2) is 13.2 Å². The van der Waals surface area contributed by atoms with Gasteiger partial charge in [0.15, 0.2) is 11.5 Å². The van der Waals surface area contributed by atoms with Gasteiger partial charge in [-0.2, -0.15) is 0 Å². The Bertz CT molecular complexity index is 684. The summed E-state index contributed by atoms with van der Waals surface area (Å²) in [6, 6.07) is 0. The summed E-state index contributed by atoms with van der Waals surface area (Å²) in [7, 11) is 0. The zero-order valence-corrected chi connectivity index (χ0v) is 13.1. The van der Waals surface area contributed by atoms with Gasteiger partial charge in [-0.15, -0.1) is 11.3 Å². The Morgan fingerprint density at radius 1 is 1.05 bits per heavy atom. The molecule has 0 spiro atoms. The average Bonchev–Trinajstić information content (AvgIpc) is 2.82. The van der Waals surface area contributed by atoms with Gasteiger partial charge in [0.1, 0.15) is 13.2 Å². The smallest absolute Gasteiger partial charge is 0.180 e. The number of ether oxygens (including phenoxy) is 2. The predicted molar refractivity (Wildman–Crippen MR) is 90.0 cm³/mol. The van der Waals surface area contributed by atoms with E-state index in [9.17, 15) is 0 Å². The van der Waals surface area contributed by atoms with E-state index in [-0.39, 0.29) is 0 Å². The predicted octanol–water partition coefficient (Wildman–Crippen LogP) is 5.01. The van der Waals surface area contributed by atoms with Crippen molar-refractivity contribution in [1.29, 1.82) is 0 Å². The number of rotatable bonds is 2. The van der Waals surface area contributed by atoms with Crippen molar-refractivity contribution >= 4 is 23.0 Å². The van der Waals surface area contributed by atoms with Gasteiger partial charge in [-0.3, -0.25) is 0 Å². The number of hydrogen-bond donors (Lipinski definition) is 0. The molecule has 2 nitrogen and oxygen atoms in total. The topological polar surface area (TPSA) is 18.5 Å². The maximum atomic E-state index is 5.87. The van der Waals surface area contributed by atoms with Gasteiger partial charge in [0.05, 0.1) is 9.75 Å². The molecule has 1 aromatic heterocycles. The fraction of sp³-hybridized carbons (Fsp3) is 0.222. The van der Waals surface area contributed by atoms with Gasteiger partial charge in [0, 0.05) is 0 Å². The van der Waals surface area contributed by atoms with Crippen molar-refractivity contribution < 1.29 is 9.47 Å². The molecule has 0 radical (unpaired) electrons. The van der Waals surface area contributed by atoms with Gasteiger partial charge >= 0.3 is 0 Å². The molecule has 0 bridgehead atoms. The third-order valence-corrected chi connectivity index (χ3v) is 4.44. The van der Waals surface area contributed by atoms with Crippen LogP contribution < -0.4 is 9.47 Å². The molecule has 2 aliphatic rings. The van der Waals surface area contributed by atoms with Crippen molar-refractivity contribution in [3.63, 3.8) is 0 Å². The number of fused-ring (bicyclic) bond motifs is 1. The van der Waals surface area contributed by atoms with E-state index < -0.39 is 0 Å². The summed E-state index contributed by atoms with van der Waals surface area (Å²) >= 11 is 1.71. The van der Waals surface area contributed by atoms with Crippen LogP contribution in [0.2, 0.25) is 0 Å². The molecule has 0 N–H and O–H groups in total. The molecule has 0 unspecified atom stereocenters. The fourth-order valence-corrected chi connectivity index (χ4v) is 3.46. The summed E-state index contributed by atoms with van der Waals surface area (Å²) in [5.41, 5.74) is 2.39. The van der Waals surface area contributed by atoms with Gasteiger partial charge < -0.3 is 9.47 Å². The lowest BCUT2D eigenvalue weighted by Gasteiger charge is -2.17. The van der Waals surface area contributed by atoms with Crippen LogP contribution in [0.25, 0.3) is 11.6 Å². The first-order valence-electron chi connectivity index (χ1n) is 7.08. The largest absolute Gasteiger partial charge is 0.485 e. The minimum atomic E-state index is 0.609. The van der Waals surface area contributed by atoms with Gasteiger partial charge in [-0.05, 0) is 25.5 Å². The maximum Gasteiger partial charge on any atom is 0.180 e. The fourth-order valence-electron chi connectivity index (χ4n) is 2.29. The lowest BCUT2D eigenvalue weighted by molar-refractivity contribution is 0.173. The molecule has 0 saturated carbocycles. The summed E-state index contributed by atoms with van der Waals surface area (Å²) in [6.07, 6.45) is 16.7. The first kappa shape index (κ1) is 14.0. The molecular formula is C18H18O2S. The van der Waals surface area contributed by atoms with E-state index in [0.717, 1.165) is 26.8 Å². The van der Waals surface area contributed by atoms with Crippen molar-refractivity contribution in [3.05, 3.63) is 57.9 Å². The van der Waals surface area contributed by atoms with Crippen LogP contribution in [0.1, 0.15) is 23.6 Å². The molecule has 2 heterocycles. The highest BCUT2D eigenvalue weighted by molar-refractivity contribution is 7.14. The van der Waals surface area contributed by atoms with Gasteiger partial charge in [-0.25, -0.2) is 0 Å². The summed E-state index contributed by atoms with van der Waals surface area (Å²) < 4.78 is 11.7. The van der Waals surface area contributed by atoms with Crippen molar-refractivity contribution in [3.8, 4) is 11.5 Å². The Morgan fingerprint density at radius 3 is 2.62 bits per heavy atom. The Kier molecular flexibility index (Phi) is 4.11. The highest BCUT2D eigenvalue weighted by Crippen LogP contribution is 2.48. The van der Waals surface area contributed by atoms with Crippen LogP contribution in [0.3, 0.4) is 0 Å². The molecule has 1 aliphatic heterocycles. The summed E-state index contributed by atoms with van der Waals surface area (Å²) in [4.78, 5) is 2.25. The zero-order valence-electron chi connectivity index (χ0n) is 12.3. The molecule has 0 saturated heterocycles. The maximum absolute atomic E-state index is 5.87. The Balaban J connectivity index is 2.06. The number of thiophene rings is 1. The summed E-state index contributed by atoms with van der Waals surface area (Å²) in [5.74, 6) is 1.76. The molecule has 1 aromatic rings. The average molecular weight is 298 g/mol. The van der Waals surface area contributed by atoms with Crippen molar-refractivity contribution in [1.82, 2.24) is 0 Å². The van der Waals surface area contributed by atoms with Crippen molar-refractivity contribution in [2.24, 2.45) is 0 Å². The highest BCUT2D eigenvalue weighted by atomic mass is 32.1. The first-order valence-corrected chi connectivity index (χ1v) is 7.90. The second-order valence-corrected chi connectivity index (χ2v) is 5.95. The second-order valence-electron chi connectivity index (χ2n) is 4.90. The summed E-state index contributed by atoms with van der Waals surface area (Å²) in [5, 5.41) is 0. The minimum Gasteiger partial charge on any atom is -0.485 e. The van der Waals surface area contributed by atoms with Gasteiger partial charge in [0.2, 0.25) is 0 Å². The Labute approximate surface area is 129 Å². The minimum absolute atomic E-state index is 0.609. The van der Waals surface area contributed by atoms with E-state index in [1.807, 2.05) is 13.0 Å². The summed E-state index contributed by atoms with van der Waals surface area (Å²) in [6.45, 7) is 5.33. The Morgan fingerprint density at radius 2 is 1.81 bits per heavy atom. The van der Waals surface area contributed by atoms with Crippen molar-refractivity contribution in [2.75, 3.05) is 13.2 Å². The van der Waals surface area contributed by atoms with Crippen LogP contribution in [-0.2, 0) is 0 Å². The molecule has 0 aromatic carbocycles. The quantitative estimate of drug-likeness (QED) is 0.764. The molecular weight excluding hydrogens is 280 g/mol. The number of hydrogen-bond acceptors (Lipinski definition) is 3. The third-order valence-electron chi connectivity index (χ3n) is 3.27. The van der Waals surface area contributed by atoms with Crippen LogP contribution in [0.15, 0.2) is 48.1 Å². The van der Waals surface area contributed by atoms with Crippen LogP contribution in [0, 0.1) is 0 Å². The molecule has 0 fully saturated rings. The van der Waals surface area contributed by atoms with E-state index in [4.69, 9.17) is 9.47 Å². The van der Waals surface area contributed by atoms with E-state index in [1.54, 1.807) is 11.3 Å². The first-order chi connectivity index (χ1) is 10.3. The van der Waals surface area contributed by atoms with E-state index in [1.165, 1.54) is 5.57 Å². The van der Waals surface area contributed by atoms with Crippen LogP contribution >= 0.6 is 11.3 Å². The lowest BCUT2D eigenvalue weighted by Crippen LogP contribution is -2.15. The van der Waals surface area contributed by atoms with Crippen LogP contribution in [0.5, 0.6) is 11.5 Å². The third kappa shape index (κ3) is 2.88. The van der Waals surface area contributed by atoms with Crippen LogP contribution in [0.4, 0.5) is 0 Å². The van der Waals surface area contributed by atoms with E-state index in [0.29, 0.717) is 13.2 Å². The zero-order chi connectivity index (χ0) is 14.7. The Hall–Kier alpha value is -2.00. The molecule has 0 amide bonds. The molecule has 1 aliphatic carbocycles. The van der Waals surface area contributed by atoms with Crippen molar-refractivity contribution in [2.45, 2.75) is 13.8 Å². The molecule has 3 heteroatoms. The normalized spacial score (nSPS) is 25.4. The highest BCUT2D eigenvalue weighted by Gasteiger charge is 2.24. The lowest BCUT2D eigenvalue weighted by atomic mass is 10.1. The van der Waals surface area contributed by atoms with Gasteiger partial charge in [-0.1, -0.05) is 48.1 Å². The SMILES string of the molecule is C/C=C/c1sc(C2=C/C=C\C(C)=C/C=C\2)c2c1OCCO2. The standard InChI is InChI=1S/C18H18O2S/c1-3-6-15-16-17(20-12-11-19-16)18(21-15)14-9-4-7-13(2)8-5-10-14/h3-10H,11-12H2,1-2H3/b6-3+,7-4-,8-5?,9-4?,10-5-,13-7?,13-8-,14-9+,14-10?. The second kappa shape index (κ2) is 6.19. The molecule has 108 valence electrons. The number of allylic oxidation sites excluding steroid dienone is 9. The van der Waals surface area contributed by atoms with E-state index >= 15 is 0 Å². The van der Waals surface area contributed by atoms with E-state index in [2.05, 4.69) is 49.5 Å². The van der Waals surface area contributed by atoms with Gasteiger partial charge in [0.25, 0.3) is 0 Å². The molecule has 0 atom stereocenters. The molecule has 3 rings (SSSR count). The monoisotopic (exact) mass is 298 g/mol.